The van der Waals surface area contributed by atoms with Crippen LogP contribution in [-0.4, -0.2) is 42.7 Å². The number of carbonyl (C=O) groups is 1. The quantitative estimate of drug-likeness (QED) is 0.640. The van der Waals surface area contributed by atoms with Crippen LogP contribution in [0.15, 0.2) is 6.07 Å². The predicted octanol–water partition coefficient (Wildman–Crippen LogP) is 3.29. The highest BCUT2D eigenvalue weighted by Gasteiger charge is 2.32. The lowest BCUT2D eigenvalue weighted by Gasteiger charge is -2.25. The van der Waals surface area contributed by atoms with Crippen molar-refractivity contribution in [3.8, 4) is 0 Å². The van der Waals surface area contributed by atoms with Crippen molar-refractivity contribution in [3.63, 3.8) is 0 Å². The summed E-state index contributed by atoms with van der Waals surface area (Å²) in [7, 11) is -3.67. The second-order valence-corrected chi connectivity index (χ2v) is 8.95. The highest BCUT2D eigenvalue weighted by atomic mass is 35.5. The average Bonchev–Trinajstić information content (AvgIpc) is 2.67. The minimum Gasteiger partial charge on any atom is -0.340 e. The molecular weight excluding hydrogens is 399 g/mol. The molecule has 9 heteroatoms. The number of carbonyl (C=O) groups excluding carboxylic acids is 1. The van der Waals surface area contributed by atoms with Crippen LogP contribution in [0.5, 0.6) is 0 Å². The molecule has 1 unspecified atom stereocenters. The lowest BCUT2D eigenvalue weighted by Crippen LogP contribution is -2.22. The minimum absolute atomic E-state index is 0.110. The Morgan fingerprint density at radius 2 is 1.88 bits per heavy atom. The van der Waals surface area contributed by atoms with Crippen molar-refractivity contribution in [2.45, 2.75) is 32.2 Å². The molecular formula is C17H20Cl2N2O4S. The van der Waals surface area contributed by atoms with Gasteiger partial charge in [-0.15, -0.1) is 0 Å². The van der Waals surface area contributed by atoms with Gasteiger partial charge in [0.2, 0.25) is 0 Å². The number of aromatic nitrogens is 1. The fourth-order valence-electron chi connectivity index (χ4n) is 3.83. The van der Waals surface area contributed by atoms with Crippen LogP contribution in [0.4, 0.5) is 0 Å². The second-order valence-electron chi connectivity index (χ2n) is 6.70. The van der Waals surface area contributed by atoms with Gasteiger partial charge >= 0.3 is 0 Å². The Kier molecular flexibility index (Phi) is 5.38. The summed E-state index contributed by atoms with van der Waals surface area (Å²) in [5.41, 5.74) is 4.30. The van der Waals surface area contributed by atoms with Crippen LogP contribution in [0, 0.1) is 0 Å². The molecule has 0 spiro atoms. The average molecular weight is 419 g/mol. The molecule has 2 aromatic rings. The molecule has 4 rings (SSSR count). The Morgan fingerprint density at radius 1 is 1.27 bits per heavy atom. The summed E-state index contributed by atoms with van der Waals surface area (Å²) in [6, 6.07) is 2.13. The van der Waals surface area contributed by atoms with E-state index in [0.29, 0.717) is 28.3 Å². The van der Waals surface area contributed by atoms with Crippen molar-refractivity contribution in [1.29, 1.82) is 0 Å². The van der Waals surface area contributed by atoms with Crippen LogP contribution in [0.25, 0.3) is 10.9 Å². The Balaban J connectivity index is 0.000000349. The number of nitrogens with one attached hydrogen (secondary N) is 1. The summed E-state index contributed by atoms with van der Waals surface area (Å²) in [6.45, 7) is 4.05. The van der Waals surface area contributed by atoms with Gasteiger partial charge in [0.05, 0.1) is 27.4 Å². The van der Waals surface area contributed by atoms with Gasteiger partial charge in [-0.2, -0.15) is 8.42 Å². The number of benzene rings is 1. The maximum atomic E-state index is 12.5. The monoisotopic (exact) mass is 418 g/mol. The van der Waals surface area contributed by atoms with Gasteiger partial charge in [-0.25, -0.2) is 0 Å². The van der Waals surface area contributed by atoms with Crippen molar-refractivity contribution in [1.82, 2.24) is 9.88 Å². The van der Waals surface area contributed by atoms with Crippen LogP contribution in [0.3, 0.4) is 0 Å². The first-order valence-corrected chi connectivity index (χ1v) is 10.9. The molecule has 0 aliphatic carbocycles. The maximum absolute atomic E-state index is 12.5. The van der Waals surface area contributed by atoms with Gasteiger partial charge in [-0.05, 0) is 31.5 Å². The Hall–Kier alpha value is -1.12. The van der Waals surface area contributed by atoms with E-state index >= 15 is 0 Å². The molecule has 2 N–H and O–H groups in total. The van der Waals surface area contributed by atoms with Crippen LogP contribution in [0.1, 0.15) is 41.0 Å². The first-order chi connectivity index (χ1) is 12.1. The van der Waals surface area contributed by atoms with E-state index in [1.165, 1.54) is 11.3 Å². The Bertz CT molecular complexity index is 990. The molecule has 0 fully saturated rings. The van der Waals surface area contributed by atoms with E-state index in [-0.39, 0.29) is 11.8 Å². The topological polar surface area (TPSA) is 88.4 Å². The fourth-order valence-corrected chi connectivity index (χ4v) is 4.28. The van der Waals surface area contributed by atoms with Gasteiger partial charge in [-0.1, -0.05) is 23.2 Å². The van der Waals surface area contributed by atoms with E-state index in [9.17, 15) is 13.2 Å². The second kappa shape index (κ2) is 7.13. The summed E-state index contributed by atoms with van der Waals surface area (Å²) >= 11 is 12.6. The van der Waals surface area contributed by atoms with E-state index in [2.05, 4.69) is 16.8 Å². The van der Waals surface area contributed by atoms with Crippen molar-refractivity contribution >= 4 is 50.0 Å². The Morgan fingerprint density at radius 3 is 2.54 bits per heavy atom. The molecule has 1 aromatic carbocycles. The van der Waals surface area contributed by atoms with Gasteiger partial charge in [0.1, 0.15) is 0 Å². The molecule has 142 valence electrons. The van der Waals surface area contributed by atoms with Crippen molar-refractivity contribution < 1.29 is 17.8 Å². The standard InChI is InChI=1S/C16H16Cl2N2O.CH4O3S/c1-8-6-13(21)14-15(18)11(17)7-10-9-2-4-19-5-3-12(9)20(8)16(10)14;1-5(2,3)4/h7-8,19H,2-6H2,1H3;1H3,(H,2,3,4). The third-order valence-corrected chi connectivity index (χ3v) is 5.48. The normalized spacial score (nSPS) is 19.6. The lowest BCUT2D eigenvalue weighted by molar-refractivity contribution is 0.0960. The van der Waals surface area contributed by atoms with E-state index in [1.807, 2.05) is 6.07 Å². The highest BCUT2D eigenvalue weighted by molar-refractivity contribution is 7.85. The van der Waals surface area contributed by atoms with E-state index in [1.54, 1.807) is 0 Å². The summed E-state index contributed by atoms with van der Waals surface area (Å²) in [4.78, 5) is 12.5. The highest BCUT2D eigenvalue weighted by Crippen LogP contribution is 2.43. The lowest BCUT2D eigenvalue weighted by atomic mass is 9.97. The SMILES string of the molecule is CC1CC(=O)c2c(Cl)c(Cl)cc3c4c(n1c23)CCNCC4.CS(=O)(=O)O. The molecule has 0 saturated carbocycles. The minimum atomic E-state index is -3.67. The molecule has 0 amide bonds. The van der Waals surface area contributed by atoms with Crippen molar-refractivity contribution in [2.24, 2.45) is 0 Å². The van der Waals surface area contributed by atoms with Crippen LogP contribution < -0.4 is 5.32 Å². The first kappa shape index (κ1) is 19.6. The van der Waals surface area contributed by atoms with Crippen LogP contribution in [-0.2, 0) is 23.0 Å². The Labute approximate surface area is 162 Å². The molecule has 2 aliphatic rings. The molecule has 0 saturated heterocycles. The van der Waals surface area contributed by atoms with E-state index in [0.717, 1.165) is 36.8 Å². The summed E-state index contributed by atoms with van der Waals surface area (Å²) < 4.78 is 28.2. The van der Waals surface area contributed by atoms with Crippen LogP contribution >= 0.6 is 23.2 Å². The predicted molar refractivity (Wildman–Crippen MR) is 103 cm³/mol. The van der Waals surface area contributed by atoms with Gasteiger partial charge in [-0.3, -0.25) is 9.35 Å². The number of halogens is 2. The number of nitrogens with zero attached hydrogens (tertiary/aromatic N) is 1. The zero-order chi connectivity index (χ0) is 19.2. The summed E-state index contributed by atoms with van der Waals surface area (Å²) in [6.07, 6.45) is 3.16. The molecule has 6 nitrogen and oxygen atoms in total. The zero-order valence-electron chi connectivity index (χ0n) is 14.5. The zero-order valence-corrected chi connectivity index (χ0v) is 16.8. The largest absolute Gasteiger partial charge is 0.340 e. The van der Waals surface area contributed by atoms with E-state index in [4.69, 9.17) is 27.8 Å². The maximum Gasteiger partial charge on any atom is 0.261 e. The summed E-state index contributed by atoms with van der Waals surface area (Å²) in [5.74, 6) is 0.110. The molecule has 3 heterocycles. The molecule has 0 radical (unpaired) electrons. The first-order valence-electron chi connectivity index (χ1n) is 8.29. The van der Waals surface area contributed by atoms with Gasteiger partial charge < -0.3 is 9.88 Å². The number of fused-ring (bicyclic) bond motifs is 3. The van der Waals surface area contributed by atoms with Gasteiger partial charge in [0.15, 0.2) is 5.78 Å². The van der Waals surface area contributed by atoms with Crippen molar-refractivity contribution in [2.75, 3.05) is 19.3 Å². The third-order valence-electron chi connectivity index (χ3n) is 4.69. The fraction of sp³-hybridized carbons (Fsp3) is 0.471. The number of Topliss-reactive ketones (excluding diaryl/α,β-unsaturated/α-hetero) is 1. The van der Waals surface area contributed by atoms with Crippen molar-refractivity contribution in [3.05, 3.63) is 32.9 Å². The molecule has 2 aliphatic heterocycles. The molecule has 0 bridgehead atoms. The molecule has 26 heavy (non-hydrogen) atoms. The number of hydrogen-bond donors (Lipinski definition) is 2. The van der Waals surface area contributed by atoms with Crippen LogP contribution in [0.2, 0.25) is 10.0 Å². The number of ketones is 1. The smallest absolute Gasteiger partial charge is 0.261 e. The van der Waals surface area contributed by atoms with Gasteiger partial charge in [0, 0.05) is 36.5 Å². The number of rotatable bonds is 0. The summed E-state index contributed by atoms with van der Waals surface area (Å²) in [5, 5.41) is 5.44. The van der Waals surface area contributed by atoms with Gasteiger partial charge in [0.25, 0.3) is 10.1 Å². The van der Waals surface area contributed by atoms with E-state index < -0.39 is 10.1 Å². The molecule has 1 aromatic heterocycles. The molecule has 1 atom stereocenters. The third kappa shape index (κ3) is 3.64. The number of hydrogen-bond acceptors (Lipinski definition) is 4.